The number of guanidine groups is 1. The number of aliphatic hydroxyl groups is 1. The summed E-state index contributed by atoms with van der Waals surface area (Å²) >= 11 is 0. The molecule has 1 aliphatic heterocycles. The van der Waals surface area contributed by atoms with E-state index in [9.17, 15) is 5.11 Å². The fourth-order valence-corrected chi connectivity index (χ4v) is 3.50. The molecule has 0 amide bonds. The fraction of sp³-hybridized carbons (Fsp3) is 0.591. The lowest BCUT2D eigenvalue weighted by atomic mass is 10.0. The molecule has 2 unspecified atom stereocenters. The van der Waals surface area contributed by atoms with Gasteiger partial charge in [0.1, 0.15) is 28.6 Å². The van der Waals surface area contributed by atoms with Crippen LogP contribution in [-0.2, 0) is 10.3 Å². The Labute approximate surface area is 178 Å². The van der Waals surface area contributed by atoms with Crippen molar-refractivity contribution in [1.29, 1.82) is 0 Å². The van der Waals surface area contributed by atoms with Crippen LogP contribution in [0.5, 0.6) is 0 Å². The van der Waals surface area contributed by atoms with Crippen molar-refractivity contribution in [2.75, 3.05) is 45.9 Å². The van der Waals surface area contributed by atoms with Gasteiger partial charge in [0.25, 0.3) is 0 Å². The van der Waals surface area contributed by atoms with Gasteiger partial charge in [0, 0.05) is 26.2 Å². The van der Waals surface area contributed by atoms with E-state index in [4.69, 9.17) is 13.6 Å². The third kappa shape index (κ3) is 5.87. The predicted molar refractivity (Wildman–Crippen MR) is 116 cm³/mol. The number of morpholine rings is 1. The predicted octanol–water partition coefficient (Wildman–Crippen LogP) is 2.33. The first-order chi connectivity index (χ1) is 14.4. The van der Waals surface area contributed by atoms with Gasteiger partial charge in [-0.15, -0.1) is 0 Å². The van der Waals surface area contributed by atoms with E-state index in [1.165, 1.54) is 0 Å². The maximum absolute atomic E-state index is 10.8. The van der Waals surface area contributed by atoms with E-state index in [1.54, 1.807) is 13.0 Å². The molecule has 0 aromatic carbocycles. The summed E-state index contributed by atoms with van der Waals surface area (Å²) in [5.74, 6) is 3.74. The second kappa shape index (κ2) is 10.1. The number of furan rings is 2. The van der Waals surface area contributed by atoms with Crippen molar-refractivity contribution in [3.63, 3.8) is 0 Å². The van der Waals surface area contributed by atoms with Crippen LogP contribution in [0.15, 0.2) is 38.1 Å². The van der Waals surface area contributed by atoms with Crippen LogP contribution in [0.4, 0.5) is 0 Å². The SMILES string of the molecule is CCNC(=NCC(C)(O)c1ccc(C)o1)NCC(c1ccc(C)o1)N1CCOCC1. The van der Waals surface area contributed by atoms with Crippen molar-refractivity contribution in [3.8, 4) is 0 Å². The summed E-state index contributed by atoms with van der Waals surface area (Å²) in [7, 11) is 0. The molecule has 1 aliphatic rings. The van der Waals surface area contributed by atoms with Gasteiger partial charge in [-0.2, -0.15) is 0 Å². The lowest BCUT2D eigenvalue weighted by molar-refractivity contribution is 0.0124. The molecule has 0 aliphatic carbocycles. The normalized spacial score (nSPS) is 18.8. The molecule has 0 spiro atoms. The molecule has 166 valence electrons. The van der Waals surface area contributed by atoms with Gasteiger partial charge in [-0.25, -0.2) is 4.99 Å². The van der Waals surface area contributed by atoms with Gasteiger partial charge in [0.2, 0.25) is 0 Å². The summed E-state index contributed by atoms with van der Waals surface area (Å²) in [4.78, 5) is 6.96. The number of ether oxygens (including phenoxy) is 1. The molecule has 30 heavy (non-hydrogen) atoms. The molecule has 3 heterocycles. The Kier molecular flexibility index (Phi) is 7.58. The fourth-order valence-electron chi connectivity index (χ4n) is 3.50. The lowest BCUT2D eigenvalue weighted by Crippen LogP contribution is -2.46. The second-order valence-electron chi connectivity index (χ2n) is 7.87. The maximum Gasteiger partial charge on any atom is 0.191 e. The Morgan fingerprint density at radius 2 is 1.83 bits per heavy atom. The van der Waals surface area contributed by atoms with Crippen molar-refractivity contribution in [3.05, 3.63) is 47.3 Å². The monoisotopic (exact) mass is 418 g/mol. The minimum absolute atomic E-state index is 0.0692. The van der Waals surface area contributed by atoms with Crippen LogP contribution >= 0.6 is 0 Å². The molecule has 2 atom stereocenters. The summed E-state index contributed by atoms with van der Waals surface area (Å²) in [6.45, 7) is 12.2. The van der Waals surface area contributed by atoms with Gasteiger partial charge in [-0.3, -0.25) is 4.90 Å². The molecule has 0 saturated carbocycles. The summed E-state index contributed by atoms with van der Waals surface area (Å²) in [5, 5.41) is 17.4. The topological polar surface area (TPSA) is 95.4 Å². The van der Waals surface area contributed by atoms with Crippen LogP contribution in [0.25, 0.3) is 0 Å². The zero-order chi connectivity index (χ0) is 21.6. The molecule has 1 saturated heterocycles. The Bertz CT molecular complexity index is 821. The highest BCUT2D eigenvalue weighted by atomic mass is 16.5. The summed E-state index contributed by atoms with van der Waals surface area (Å²) in [5.41, 5.74) is -1.18. The summed E-state index contributed by atoms with van der Waals surface area (Å²) in [6.07, 6.45) is 0. The van der Waals surface area contributed by atoms with E-state index < -0.39 is 5.60 Å². The number of hydrogen-bond donors (Lipinski definition) is 3. The average molecular weight is 419 g/mol. The second-order valence-corrected chi connectivity index (χ2v) is 7.87. The molecule has 3 rings (SSSR count). The van der Waals surface area contributed by atoms with Crippen LogP contribution in [0, 0.1) is 13.8 Å². The first-order valence-electron chi connectivity index (χ1n) is 10.6. The molecular formula is C22H34N4O4. The number of rotatable bonds is 8. The van der Waals surface area contributed by atoms with E-state index >= 15 is 0 Å². The van der Waals surface area contributed by atoms with Crippen LogP contribution in [-0.4, -0.2) is 61.9 Å². The third-order valence-electron chi connectivity index (χ3n) is 5.20. The number of nitrogens with zero attached hydrogens (tertiary/aromatic N) is 2. The lowest BCUT2D eigenvalue weighted by Gasteiger charge is -2.33. The standard InChI is InChI=1S/C22H34N4O4/c1-5-23-21(25-15-22(4,27)20-9-7-17(3)30-20)24-14-18(19-8-6-16(2)29-19)26-10-12-28-13-11-26/h6-9,18,27H,5,10-15H2,1-4H3,(H2,23,24,25). The minimum Gasteiger partial charge on any atom is -0.465 e. The van der Waals surface area contributed by atoms with Gasteiger partial charge in [-0.05, 0) is 52.0 Å². The minimum atomic E-state index is -1.18. The molecule has 0 bridgehead atoms. The zero-order valence-corrected chi connectivity index (χ0v) is 18.4. The van der Waals surface area contributed by atoms with Crippen LogP contribution in [0.2, 0.25) is 0 Å². The van der Waals surface area contributed by atoms with Gasteiger partial charge >= 0.3 is 0 Å². The zero-order valence-electron chi connectivity index (χ0n) is 18.4. The van der Waals surface area contributed by atoms with E-state index in [1.807, 2.05) is 39.0 Å². The van der Waals surface area contributed by atoms with E-state index in [2.05, 4.69) is 20.5 Å². The highest BCUT2D eigenvalue weighted by Crippen LogP contribution is 2.24. The average Bonchev–Trinajstić information content (AvgIpc) is 3.36. The summed E-state index contributed by atoms with van der Waals surface area (Å²) < 4.78 is 17.0. The van der Waals surface area contributed by atoms with E-state index in [0.717, 1.165) is 50.1 Å². The Hall–Kier alpha value is -2.29. The largest absolute Gasteiger partial charge is 0.465 e. The highest BCUT2D eigenvalue weighted by molar-refractivity contribution is 5.79. The third-order valence-corrected chi connectivity index (χ3v) is 5.20. The van der Waals surface area contributed by atoms with Crippen LogP contribution in [0.3, 0.4) is 0 Å². The number of aliphatic imine (C=N–C) groups is 1. The molecule has 8 nitrogen and oxygen atoms in total. The molecule has 8 heteroatoms. The molecular weight excluding hydrogens is 384 g/mol. The molecule has 0 radical (unpaired) electrons. The van der Waals surface area contributed by atoms with Gasteiger partial charge in [0.15, 0.2) is 5.96 Å². The number of aryl methyl sites for hydroxylation is 2. The molecule has 2 aromatic rings. The summed E-state index contributed by atoms with van der Waals surface area (Å²) in [6, 6.07) is 7.73. The van der Waals surface area contributed by atoms with E-state index in [-0.39, 0.29) is 12.6 Å². The highest BCUT2D eigenvalue weighted by Gasteiger charge is 2.28. The van der Waals surface area contributed by atoms with Gasteiger partial charge < -0.3 is 29.3 Å². The molecule has 2 aromatic heterocycles. The van der Waals surface area contributed by atoms with Crippen molar-refractivity contribution in [1.82, 2.24) is 15.5 Å². The number of nitrogens with one attached hydrogen (secondary N) is 2. The van der Waals surface area contributed by atoms with Gasteiger partial charge in [-0.1, -0.05) is 0 Å². The van der Waals surface area contributed by atoms with Crippen LogP contribution < -0.4 is 10.6 Å². The molecule has 1 fully saturated rings. The van der Waals surface area contributed by atoms with Crippen molar-refractivity contribution in [2.24, 2.45) is 4.99 Å². The van der Waals surface area contributed by atoms with Crippen molar-refractivity contribution < 1.29 is 18.7 Å². The first kappa shape index (κ1) is 22.4. The quantitative estimate of drug-likeness (QED) is 0.447. The smallest absolute Gasteiger partial charge is 0.191 e. The van der Waals surface area contributed by atoms with Gasteiger partial charge in [0.05, 0.1) is 25.8 Å². The Balaban J connectivity index is 1.69. The Morgan fingerprint density at radius 1 is 1.13 bits per heavy atom. The first-order valence-corrected chi connectivity index (χ1v) is 10.6. The molecule has 3 N–H and O–H groups in total. The Morgan fingerprint density at radius 3 is 2.43 bits per heavy atom. The van der Waals surface area contributed by atoms with Crippen molar-refractivity contribution in [2.45, 2.75) is 39.3 Å². The van der Waals surface area contributed by atoms with E-state index in [0.29, 0.717) is 18.3 Å². The van der Waals surface area contributed by atoms with Crippen LogP contribution in [0.1, 0.15) is 42.9 Å². The number of hydrogen-bond acceptors (Lipinski definition) is 6. The maximum atomic E-state index is 10.8. The van der Waals surface area contributed by atoms with Crippen molar-refractivity contribution >= 4 is 5.96 Å².